The minimum Gasteiger partial charge on any atom is -0.352 e. The fourth-order valence-electron chi connectivity index (χ4n) is 6.69. The molecule has 1 aromatic rings. The van der Waals surface area contributed by atoms with Gasteiger partial charge in [0.1, 0.15) is 12.1 Å². The molecule has 4 unspecified atom stereocenters. The van der Waals surface area contributed by atoms with Crippen molar-refractivity contribution in [3.8, 4) is 0 Å². The van der Waals surface area contributed by atoms with Crippen LogP contribution in [0, 0.1) is 17.8 Å². The molecule has 264 valence electrons. The number of carbonyl (C=O) groups excluding carboxylic acids is 5. The van der Waals surface area contributed by atoms with Crippen LogP contribution in [0.25, 0.3) is 0 Å². The Morgan fingerprint density at radius 2 is 1.45 bits per heavy atom. The highest BCUT2D eigenvalue weighted by atomic mass is 16.2. The molecular weight excluding hydrogens is 596 g/mol. The fourth-order valence-corrected chi connectivity index (χ4v) is 6.69. The third kappa shape index (κ3) is 11.3. The highest BCUT2D eigenvalue weighted by Gasteiger charge is 2.42. The third-order valence-corrected chi connectivity index (χ3v) is 8.89. The Kier molecular flexibility index (Phi) is 16.4. The van der Waals surface area contributed by atoms with E-state index in [9.17, 15) is 24.0 Å². The molecule has 11 nitrogen and oxygen atoms in total. The van der Waals surface area contributed by atoms with E-state index in [1.54, 1.807) is 11.9 Å². The SMILES string of the molecule is CC(C)C(C(=O)NCC(=O)N(C)C(C(=O)N1CCC[C@H]1C(=O)NC1CCCC1C(=O)NCc1ccccc1)C(C)C)N(C)C.CCC. The van der Waals surface area contributed by atoms with Crippen LogP contribution in [0.4, 0.5) is 0 Å². The van der Waals surface area contributed by atoms with Crippen LogP contribution in [0.1, 0.15) is 85.6 Å². The second-order valence-electron chi connectivity index (χ2n) is 13.8. The summed E-state index contributed by atoms with van der Waals surface area (Å²) in [6, 6.07) is 7.58. The Hall–Kier alpha value is -3.47. The molecule has 3 N–H and O–H groups in total. The predicted molar refractivity (Wildman–Crippen MR) is 185 cm³/mol. The molecular formula is C36H60N6O5. The van der Waals surface area contributed by atoms with Crippen molar-refractivity contribution in [3.05, 3.63) is 35.9 Å². The van der Waals surface area contributed by atoms with Gasteiger partial charge < -0.3 is 25.8 Å². The zero-order valence-corrected chi connectivity index (χ0v) is 30.2. The van der Waals surface area contributed by atoms with Gasteiger partial charge in [0, 0.05) is 26.2 Å². The molecule has 5 amide bonds. The molecule has 2 aliphatic rings. The second-order valence-corrected chi connectivity index (χ2v) is 13.8. The summed E-state index contributed by atoms with van der Waals surface area (Å²) in [7, 11) is 5.22. The molecule has 1 aliphatic heterocycles. The van der Waals surface area contributed by atoms with E-state index < -0.39 is 12.1 Å². The molecule has 0 aromatic heterocycles. The van der Waals surface area contributed by atoms with Crippen molar-refractivity contribution in [3.63, 3.8) is 0 Å². The average molecular weight is 657 g/mol. The first kappa shape index (κ1) is 39.7. The lowest BCUT2D eigenvalue weighted by molar-refractivity contribution is -0.149. The zero-order valence-electron chi connectivity index (χ0n) is 30.2. The lowest BCUT2D eigenvalue weighted by Gasteiger charge is -2.36. The first-order chi connectivity index (χ1) is 22.2. The standard InChI is InChI=1S/C33H52N6O5.C3H8/c1-21(2)28(37(5)6)32(43)35-20-27(40)38(7)29(22(3)4)33(44)39-18-12-17-26(39)31(42)36-25-16-11-15-24(25)30(41)34-19-23-13-9-8-10-14-23;1-3-2/h8-10,13-14,21-22,24-26,28-29H,11-12,15-20H2,1-7H3,(H,34,41)(H,35,43)(H,36,42);3H2,1-2H3/t24?,25?,26-,28?,29?;/m0./s1. The van der Waals surface area contributed by atoms with Crippen LogP contribution in [0.3, 0.4) is 0 Å². The van der Waals surface area contributed by atoms with Gasteiger partial charge in [0.2, 0.25) is 29.5 Å². The monoisotopic (exact) mass is 656 g/mol. The van der Waals surface area contributed by atoms with Gasteiger partial charge in [-0.3, -0.25) is 28.9 Å². The normalized spacial score (nSPS) is 20.3. The van der Waals surface area contributed by atoms with Crippen molar-refractivity contribution < 1.29 is 24.0 Å². The fraction of sp³-hybridized carbons (Fsp3) is 0.694. The molecule has 1 heterocycles. The quantitative estimate of drug-likeness (QED) is 0.299. The zero-order chi connectivity index (χ0) is 35.3. The minimum atomic E-state index is -0.787. The average Bonchev–Trinajstić information content (AvgIpc) is 3.69. The third-order valence-electron chi connectivity index (χ3n) is 8.89. The van der Waals surface area contributed by atoms with Gasteiger partial charge in [0.25, 0.3) is 0 Å². The Morgan fingerprint density at radius 3 is 2.02 bits per heavy atom. The van der Waals surface area contributed by atoms with Crippen molar-refractivity contribution in [2.75, 3.05) is 34.2 Å². The summed E-state index contributed by atoms with van der Waals surface area (Å²) in [5.74, 6) is -1.70. The number of nitrogens with zero attached hydrogens (tertiary/aromatic N) is 3. The molecule has 2 fully saturated rings. The van der Waals surface area contributed by atoms with E-state index in [2.05, 4.69) is 29.8 Å². The number of amides is 5. The Bertz CT molecular complexity index is 1170. The van der Waals surface area contributed by atoms with Crippen molar-refractivity contribution >= 4 is 29.5 Å². The lowest BCUT2D eigenvalue weighted by Crippen LogP contribution is -2.58. The topological polar surface area (TPSA) is 131 Å². The predicted octanol–water partition coefficient (Wildman–Crippen LogP) is 3.18. The van der Waals surface area contributed by atoms with E-state index in [0.29, 0.717) is 38.8 Å². The molecule has 1 aliphatic carbocycles. The summed E-state index contributed by atoms with van der Waals surface area (Å²) in [4.78, 5) is 71.2. The minimum absolute atomic E-state index is 0.0595. The largest absolute Gasteiger partial charge is 0.352 e. The Labute approximate surface area is 282 Å². The van der Waals surface area contributed by atoms with Crippen molar-refractivity contribution in [1.29, 1.82) is 0 Å². The highest BCUT2D eigenvalue weighted by molar-refractivity contribution is 5.94. The maximum absolute atomic E-state index is 13.9. The number of carbonyl (C=O) groups is 5. The lowest BCUT2D eigenvalue weighted by atomic mass is 9.99. The van der Waals surface area contributed by atoms with Gasteiger partial charge in [-0.2, -0.15) is 0 Å². The van der Waals surface area contributed by atoms with E-state index in [0.717, 1.165) is 12.0 Å². The molecule has 1 aromatic carbocycles. The maximum Gasteiger partial charge on any atom is 0.246 e. The first-order valence-corrected chi connectivity index (χ1v) is 17.4. The first-order valence-electron chi connectivity index (χ1n) is 17.4. The van der Waals surface area contributed by atoms with E-state index in [4.69, 9.17) is 0 Å². The Morgan fingerprint density at radius 1 is 0.830 bits per heavy atom. The maximum atomic E-state index is 13.9. The number of benzene rings is 1. The molecule has 5 atom stereocenters. The molecule has 0 spiro atoms. The van der Waals surface area contributed by atoms with Crippen LogP contribution in [0.5, 0.6) is 0 Å². The van der Waals surface area contributed by atoms with E-state index in [1.165, 1.54) is 11.3 Å². The van der Waals surface area contributed by atoms with Gasteiger partial charge in [-0.05, 0) is 57.2 Å². The number of nitrogens with one attached hydrogen (secondary N) is 3. The molecule has 3 rings (SSSR count). The Balaban J connectivity index is 0.00000246. The number of likely N-dealkylation sites (tertiary alicyclic amines) is 1. The number of likely N-dealkylation sites (N-methyl/N-ethyl adjacent to an activating group) is 2. The van der Waals surface area contributed by atoms with Crippen LogP contribution in [-0.4, -0.2) is 103 Å². The van der Waals surface area contributed by atoms with E-state index in [1.807, 2.05) is 77.0 Å². The van der Waals surface area contributed by atoms with Crippen LogP contribution in [0.15, 0.2) is 30.3 Å². The van der Waals surface area contributed by atoms with Crippen LogP contribution >= 0.6 is 0 Å². The van der Waals surface area contributed by atoms with Gasteiger partial charge >= 0.3 is 0 Å². The summed E-state index contributed by atoms with van der Waals surface area (Å²) in [5.41, 5.74) is 1.01. The van der Waals surface area contributed by atoms with Crippen molar-refractivity contribution in [2.24, 2.45) is 17.8 Å². The summed E-state index contributed by atoms with van der Waals surface area (Å²) in [5, 5.41) is 8.83. The van der Waals surface area contributed by atoms with E-state index >= 15 is 0 Å². The number of hydrogen-bond donors (Lipinski definition) is 3. The van der Waals surface area contributed by atoms with Crippen LogP contribution in [-0.2, 0) is 30.5 Å². The van der Waals surface area contributed by atoms with Gasteiger partial charge in [0.05, 0.1) is 18.5 Å². The van der Waals surface area contributed by atoms with Crippen molar-refractivity contribution in [2.45, 2.75) is 111 Å². The van der Waals surface area contributed by atoms with Gasteiger partial charge in [-0.25, -0.2) is 0 Å². The van der Waals surface area contributed by atoms with E-state index in [-0.39, 0.29) is 65.9 Å². The number of rotatable bonds is 13. The van der Waals surface area contributed by atoms with Crippen molar-refractivity contribution in [1.82, 2.24) is 30.7 Å². The van der Waals surface area contributed by atoms with Crippen LogP contribution < -0.4 is 16.0 Å². The summed E-state index contributed by atoms with van der Waals surface area (Å²) >= 11 is 0. The second kappa shape index (κ2) is 19.4. The van der Waals surface area contributed by atoms with Crippen LogP contribution in [0.2, 0.25) is 0 Å². The molecule has 1 saturated carbocycles. The smallest absolute Gasteiger partial charge is 0.246 e. The van der Waals surface area contributed by atoms with Gasteiger partial charge in [0.15, 0.2) is 0 Å². The summed E-state index contributed by atoms with van der Waals surface area (Å²) in [6.45, 7) is 12.5. The molecule has 0 radical (unpaired) electrons. The van der Waals surface area contributed by atoms with Gasteiger partial charge in [-0.15, -0.1) is 0 Å². The highest BCUT2D eigenvalue weighted by Crippen LogP contribution is 2.28. The van der Waals surface area contributed by atoms with Gasteiger partial charge in [-0.1, -0.05) is 84.7 Å². The molecule has 11 heteroatoms. The molecule has 1 saturated heterocycles. The molecule has 0 bridgehead atoms. The summed E-state index contributed by atoms with van der Waals surface area (Å²) < 4.78 is 0. The molecule has 47 heavy (non-hydrogen) atoms. The number of hydrogen-bond acceptors (Lipinski definition) is 6. The summed E-state index contributed by atoms with van der Waals surface area (Å²) in [6.07, 6.45) is 4.69.